The van der Waals surface area contributed by atoms with E-state index in [2.05, 4.69) is 57.2 Å². The van der Waals surface area contributed by atoms with Gasteiger partial charge in [0.2, 0.25) is 0 Å². The molecule has 1 atom stereocenters. The van der Waals surface area contributed by atoms with Crippen LogP contribution >= 0.6 is 0 Å². The third kappa shape index (κ3) is 64.3. The van der Waals surface area contributed by atoms with Gasteiger partial charge in [0.15, 0.2) is 6.10 Å². The minimum Gasteiger partial charge on any atom is -0.462 e. The fourth-order valence-electron chi connectivity index (χ4n) is 10.5. The molecule has 1 unspecified atom stereocenters. The lowest BCUT2D eigenvalue weighted by atomic mass is 10.0. The molecule has 0 radical (unpaired) electrons. The molecule has 6 nitrogen and oxygen atoms in total. The molecular weight excluding hydrogens is 949 g/mol. The molecule has 77 heavy (non-hydrogen) atoms. The van der Waals surface area contributed by atoms with Crippen molar-refractivity contribution in [1.82, 2.24) is 0 Å². The Labute approximate surface area is 480 Å². The summed E-state index contributed by atoms with van der Waals surface area (Å²) in [4.78, 5) is 38.4. The molecule has 452 valence electrons. The molecule has 0 saturated heterocycles. The highest BCUT2D eigenvalue weighted by Gasteiger charge is 2.19. The van der Waals surface area contributed by atoms with E-state index < -0.39 is 6.10 Å². The first-order chi connectivity index (χ1) is 38.0. The molecule has 0 aromatic carbocycles. The van der Waals surface area contributed by atoms with E-state index in [4.69, 9.17) is 14.2 Å². The van der Waals surface area contributed by atoms with Crippen LogP contribution < -0.4 is 0 Å². The van der Waals surface area contributed by atoms with Crippen LogP contribution in [0.3, 0.4) is 0 Å². The van der Waals surface area contributed by atoms with Crippen LogP contribution in [0, 0.1) is 0 Å². The summed E-state index contributed by atoms with van der Waals surface area (Å²) >= 11 is 0. The third-order valence-corrected chi connectivity index (χ3v) is 15.6. The zero-order valence-electron chi connectivity index (χ0n) is 52.0. The molecule has 0 aliphatic rings. The molecule has 0 bridgehead atoms. The van der Waals surface area contributed by atoms with Gasteiger partial charge >= 0.3 is 17.9 Å². The van der Waals surface area contributed by atoms with Gasteiger partial charge in [0, 0.05) is 19.3 Å². The summed E-state index contributed by atoms with van der Waals surface area (Å²) in [6.45, 7) is 6.70. The van der Waals surface area contributed by atoms with Crippen LogP contribution in [0.25, 0.3) is 0 Å². The highest BCUT2D eigenvalue weighted by Crippen LogP contribution is 2.18. The number of hydrogen-bond donors (Lipinski definition) is 0. The third-order valence-electron chi connectivity index (χ3n) is 15.6. The first kappa shape index (κ1) is 74.6. The minimum absolute atomic E-state index is 0.0704. The molecule has 0 fully saturated rings. The Hall–Kier alpha value is -2.37. The van der Waals surface area contributed by atoms with Gasteiger partial charge in [-0.15, -0.1) is 0 Å². The average Bonchev–Trinajstić information content (AvgIpc) is 3.43. The molecule has 0 N–H and O–H groups in total. The van der Waals surface area contributed by atoms with Crippen molar-refractivity contribution < 1.29 is 28.6 Å². The van der Waals surface area contributed by atoms with Gasteiger partial charge in [-0.2, -0.15) is 0 Å². The van der Waals surface area contributed by atoms with Crippen molar-refractivity contribution in [2.45, 2.75) is 386 Å². The molecule has 0 heterocycles. The number of unbranched alkanes of at least 4 members (excludes halogenated alkanes) is 47. The van der Waals surface area contributed by atoms with Crippen molar-refractivity contribution >= 4 is 17.9 Å². The zero-order chi connectivity index (χ0) is 55.7. The molecule has 0 aliphatic carbocycles. The summed E-state index contributed by atoms with van der Waals surface area (Å²) in [6.07, 6.45) is 81.6. The summed E-state index contributed by atoms with van der Waals surface area (Å²) in [5, 5.41) is 0. The van der Waals surface area contributed by atoms with Crippen LogP contribution in [-0.2, 0) is 28.6 Å². The monoisotopic (exact) mass is 1080 g/mol. The van der Waals surface area contributed by atoms with Crippen molar-refractivity contribution in [2.24, 2.45) is 0 Å². The fraction of sp³-hybridized carbons (Fsp3) is 0.873. The van der Waals surface area contributed by atoms with Crippen LogP contribution in [-0.4, -0.2) is 37.2 Å². The topological polar surface area (TPSA) is 78.9 Å². The molecular formula is C71H132O6. The van der Waals surface area contributed by atoms with Crippen LogP contribution in [0.15, 0.2) is 36.5 Å². The summed E-state index contributed by atoms with van der Waals surface area (Å²) in [7, 11) is 0. The lowest BCUT2D eigenvalue weighted by Crippen LogP contribution is -2.30. The van der Waals surface area contributed by atoms with Crippen LogP contribution in [0.5, 0.6) is 0 Å². The SMILES string of the molecule is CCCCCCC/C=C\C/C=C\C/C=C\CCCCCCCCC(=O)OCC(COC(=O)CCCCCCCCCCCCCCCCCCCCC)OC(=O)CCCCCCCCCCCCCCCCCCCCC. The highest BCUT2D eigenvalue weighted by atomic mass is 16.6. The Balaban J connectivity index is 4.34. The van der Waals surface area contributed by atoms with Crippen LogP contribution in [0.1, 0.15) is 380 Å². The number of esters is 3. The van der Waals surface area contributed by atoms with Gasteiger partial charge in [-0.05, 0) is 57.8 Å². The van der Waals surface area contributed by atoms with Crippen molar-refractivity contribution in [3.63, 3.8) is 0 Å². The summed E-state index contributed by atoms with van der Waals surface area (Å²) in [6, 6.07) is 0. The quantitative estimate of drug-likeness (QED) is 0.0261. The smallest absolute Gasteiger partial charge is 0.306 e. The van der Waals surface area contributed by atoms with Crippen molar-refractivity contribution in [2.75, 3.05) is 13.2 Å². The van der Waals surface area contributed by atoms with E-state index in [1.165, 1.54) is 263 Å². The predicted molar refractivity (Wildman–Crippen MR) is 335 cm³/mol. The second-order valence-electron chi connectivity index (χ2n) is 23.5. The maximum absolute atomic E-state index is 12.9. The minimum atomic E-state index is -0.775. The van der Waals surface area contributed by atoms with E-state index in [1.807, 2.05) is 0 Å². The second-order valence-corrected chi connectivity index (χ2v) is 23.5. The molecule has 0 saturated carbocycles. The van der Waals surface area contributed by atoms with E-state index in [9.17, 15) is 14.4 Å². The second kappa shape index (κ2) is 66.1. The Kier molecular flexibility index (Phi) is 64.1. The van der Waals surface area contributed by atoms with E-state index in [0.29, 0.717) is 19.3 Å². The number of carbonyl (C=O) groups excluding carboxylic acids is 3. The Morgan fingerprint density at radius 3 is 0.727 bits per heavy atom. The molecule has 0 aliphatic heterocycles. The van der Waals surface area contributed by atoms with Gasteiger partial charge in [-0.1, -0.05) is 340 Å². The average molecular weight is 1080 g/mol. The zero-order valence-corrected chi connectivity index (χ0v) is 52.0. The van der Waals surface area contributed by atoms with Gasteiger partial charge in [0.1, 0.15) is 13.2 Å². The summed E-state index contributed by atoms with van der Waals surface area (Å²) in [5.74, 6) is -0.853. The number of ether oxygens (including phenoxy) is 3. The molecule has 0 rings (SSSR count). The van der Waals surface area contributed by atoms with Crippen LogP contribution in [0.4, 0.5) is 0 Å². The Bertz CT molecular complexity index is 1290. The normalized spacial score (nSPS) is 12.2. The van der Waals surface area contributed by atoms with Gasteiger partial charge in [-0.25, -0.2) is 0 Å². The lowest BCUT2D eigenvalue weighted by Gasteiger charge is -2.18. The first-order valence-corrected chi connectivity index (χ1v) is 34.5. The highest BCUT2D eigenvalue weighted by molar-refractivity contribution is 5.71. The lowest BCUT2D eigenvalue weighted by molar-refractivity contribution is -0.167. The fourth-order valence-corrected chi connectivity index (χ4v) is 10.5. The summed E-state index contributed by atoms with van der Waals surface area (Å²) < 4.78 is 17.0. The van der Waals surface area contributed by atoms with Gasteiger partial charge in [0.05, 0.1) is 0 Å². The number of rotatable bonds is 64. The van der Waals surface area contributed by atoms with Crippen LogP contribution in [0.2, 0.25) is 0 Å². The molecule has 6 heteroatoms. The van der Waals surface area contributed by atoms with Crippen molar-refractivity contribution in [3.8, 4) is 0 Å². The van der Waals surface area contributed by atoms with E-state index in [-0.39, 0.29) is 31.1 Å². The number of hydrogen-bond acceptors (Lipinski definition) is 6. The van der Waals surface area contributed by atoms with Gasteiger partial charge in [0.25, 0.3) is 0 Å². The number of carbonyl (C=O) groups is 3. The Morgan fingerprint density at radius 2 is 0.468 bits per heavy atom. The molecule has 0 spiro atoms. The standard InChI is InChI=1S/C71H132O6/c1-4-7-10-13-16-19-22-25-28-31-34-35-38-40-43-46-49-52-55-58-61-64-70(73)76-67-68(77-71(74)65-62-59-56-53-50-47-44-41-37-33-30-27-24-21-18-15-12-9-6-3)66-75-69(72)63-60-57-54-51-48-45-42-39-36-32-29-26-23-20-17-14-11-8-5-2/h22,25,31,34,38,40,68H,4-21,23-24,26-30,32-33,35-37,39,41-67H2,1-3H3/b25-22-,34-31-,40-38-. The summed E-state index contributed by atoms with van der Waals surface area (Å²) in [5.41, 5.74) is 0. The van der Waals surface area contributed by atoms with Crippen molar-refractivity contribution in [3.05, 3.63) is 36.5 Å². The van der Waals surface area contributed by atoms with Crippen molar-refractivity contribution in [1.29, 1.82) is 0 Å². The van der Waals surface area contributed by atoms with Gasteiger partial charge in [-0.3, -0.25) is 14.4 Å². The van der Waals surface area contributed by atoms with E-state index in [0.717, 1.165) is 77.0 Å². The van der Waals surface area contributed by atoms with E-state index >= 15 is 0 Å². The van der Waals surface area contributed by atoms with E-state index in [1.54, 1.807) is 0 Å². The first-order valence-electron chi connectivity index (χ1n) is 34.5. The maximum Gasteiger partial charge on any atom is 0.306 e. The Morgan fingerprint density at radius 1 is 0.260 bits per heavy atom. The largest absolute Gasteiger partial charge is 0.462 e. The number of allylic oxidation sites excluding steroid dienone is 6. The maximum atomic E-state index is 12.9. The molecule has 0 aromatic heterocycles. The molecule has 0 aromatic rings. The predicted octanol–water partition coefficient (Wildman–Crippen LogP) is 23.6. The van der Waals surface area contributed by atoms with Gasteiger partial charge < -0.3 is 14.2 Å². The molecule has 0 amide bonds.